The molecular weight excluding hydrogens is 374 g/mol. The zero-order valence-electron chi connectivity index (χ0n) is 18.8. The summed E-state index contributed by atoms with van der Waals surface area (Å²) in [5.74, 6) is 1.75. The normalized spacial score (nSPS) is 19.1. The van der Waals surface area contributed by atoms with E-state index in [4.69, 9.17) is 9.47 Å². The number of carbonyl (C=O) groups is 1. The quantitative estimate of drug-likeness (QED) is 0.596. The van der Waals surface area contributed by atoms with E-state index in [1.54, 1.807) is 14.0 Å². The Morgan fingerprint density at radius 2 is 1.80 bits per heavy atom. The SMILES string of the molecule is COc1ccc([C@H](CCN(C[C@H]2CCOC(C)(C)C2)C(C)=O)c2ccccc2)cc1. The maximum Gasteiger partial charge on any atom is 0.219 e. The molecule has 3 rings (SSSR count). The molecule has 0 unspecified atom stereocenters. The van der Waals surface area contributed by atoms with E-state index in [-0.39, 0.29) is 17.4 Å². The Morgan fingerprint density at radius 3 is 2.40 bits per heavy atom. The first-order chi connectivity index (χ1) is 14.4. The topological polar surface area (TPSA) is 38.8 Å². The molecule has 4 nitrogen and oxygen atoms in total. The molecule has 2 aromatic rings. The van der Waals surface area contributed by atoms with Crippen LogP contribution >= 0.6 is 0 Å². The monoisotopic (exact) mass is 409 g/mol. The lowest BCUT2D eigenvalue weighted by Gasteiger charge is -2.38. The number of carbonyl (C=O) groups excluding carboxylic acids is 1. The lowest BCUT2D eigenvalue weighted by molar-refractivity contribution is -0.131. The zero-order chi connectivity index (χ0) is 21.6. The maximum atomic E-state index is 12.4. The number of methoxy groups -OCH3 is 1. The van der Waals surface area contributed by atoms with E-state index in [9.17, 15) is 4.79 Å². The van der Waals surface area contributed by atoms with E-state index in [2.05, 4.69) is 50.2 Å². The van der Waals surface area contributed by atoms with Gasteiger partial charge in [-0.1, -0.05) is 42.5 Å². The minimum absolute atomic E-state index is 0.0962. The van der Waals surface area contributed by atoms with Crippen molar-refractivity contribution in [3.05, 3.63) is 65.7 Å². The van der Waals surface area contributed by atoms with E-state index in [1.807, 2.05) is 23.1 Å². The van der Waals surface area contributed by atoms with Crippen molar-refractivity contribution in [1.82, 2.24) is 4.90 Å². The molecule has 4 heteroatoms. The Morgan fingerprint density at radius 1 is 1.13 bits per heavy atom. The molecule has 0 bridgehead atoms. The first kappa shape index (κ1) is 22.4. The second kappa shape index (κ2) is 10.1. The lowest BCUT2D eigenvalue weighted by atomic mass is 9.87. The van der Waals surface area contributed by atoms with Crippen LogP contribution in [0, 0.1) is 5.92 Å². The Labute approximate surface area is 181 Å². The van der Waals surface area contributed by atoms with Gasteiger partial charge in [0.1, 0.15) is 5.75 Å². The summed E-state index contributed by atoms with van der Waals surface area (Å²) in [5.41, 5.74) is 2.43. The van der Waals surface area contributed by atoms with Crippen LogP contribution in [0.15, 0.2) is 54.6 Å². The van der Waals surface area contributed by atoms with Gasteiger partial charge in [0.2, 0.25) is 5.91 Å². The third-order valence-electron chi connectivity index (χ3n) is 6.13. The predicted octanol–water partition coefficient (Wildman–Crippen LogP) is 5.27. The van der Waals surface area contributed by atoms with E-state index in [0.29, 0.717) is 5.92 Å². The van der Waals surface area contributed by atoms with Gasteiger partial charge in [-0.15, -0.1) is 0 Å². The van der Waals surface area contributed by atoms with Crippen molar-refractivity contribution in [3.63, 3.8) is 0 Å². The van der Waals surface area contributed by atoms with E-state index in [0.717, 1.165) is 44.7 Å². The van der Waals surface area contributed by atoms with Crippen molar-refractivity contribution in [2.45, 2.75) is 51.6 Å². The molecule has 162 valence electrons. The summed E-state index contributed by atoms with van der Waals surface area (Å²) in [6.07, 6.45) is 2.91. The van der Waals surface area contributed by atoms with Gasteiger partial charge in [-0.2, -0.15) is 0 Å². The third-order valence-corrected chi connectivity index (χ3v) is 6.13. The lowest BCUT2D eigenvalue weighted by Crippen LogP contribution is -2.41. The molecule has 2 aromatic carbocycles. The van der Waals surface area contributed by atoms with Crippen LogP contribution in [0.5, 0.6) is 5.75 Å². The van der Waals surface area contributed by atoms with Crippen LogP contribution in [0.4, 0.5) is 0 Å². The highest BCUT2D eigenvalue weighted by Crippen LogP contribution is 2.31. The Kier molecular flexibility index (Phi) is 7.54. The summed E-state index contributed by atoms with van der Waals surface area (Å²) in [4.78, 5) is 14.5. The Bertz CT molecular complexity index is 801. The average molecular weight is 410 g/mol. The van der Waals surface area contributed by atoms with Crippen LogP contribution in [0.3, 0.4) is 0 Å². The number of nitrogens with zero attached hydrogens (tertiary/aromatic N) is 1. The van der Waals surface area contributed by atoms with Crippen LogP contribution in [0.2, 0.25) is 0 Å². The molecule has 1 aliphatic rings. The number of hydrogen-bond donors (Lipinski definition) is 0. The van der Waals surface area contributed by atoms with Crippen molar-refractivity contribution in [2.75, 3.05) is 26.8 Å². The van der Waals surface area contributed by atoms with Crippen LogP contribution in [-0.2, 0) is 9.53 Å². The van der Waals surface area contributed by atoms with Crippen LogP contribution < -0.4 is 4.74 Å². The molecule has 0 radical (unpaired) electrons. The molecule has 1 saturated heterocycles. The fraction of sp³-hybridized carbons (Fsp3) is 0.500. The van der Waals surface area contributed by atoms with Gasteiger partial charge in [0.25, 0.3) is 0 Å². The Hall–Kier alpha value is -2.33. The molecule has 2 atom stereocenters. The smallest absolute Gasteiger partial charge is 0.219 e. The van der Waals surface area contributed by atoms with E-state index < -0.39 is 0 Å². The van der Waals surface area contributed by atoms with E-state index >= 15 is 0 Å². The fourth-order valence-corrected chi connectivity index (χ4v) is 4.54. The summed E-state index contributed by atoms with van der Waals surface area (Å²) in [5, 5.41) is 0. The molecule has 1 aliphatic heterocycles. The molecule has 0 N–H and O–H groups in total. The third kappa shape index (κ3) is 6.09. The van der Waals surface area contributed by atoms with Crippen LogP contribution in [0.1, 0.15) is 57.1 Å². The summed E-state index contributed by atoms with van der Waals surface area (Å²) in [6, 6.07) is 18.9. The number of ether oxygens (including phenoxy) is 2. The molecule has 1 fully saturated rings. The highest BCUT2D eigenvalue weighted by atomic mass is 16.5. The van der Waals surface area contributed by atoms with Crippen molar-refractivity contribution in [2.24, 2.45) is 5.92 Å². The van der Waals surface area contributed by atoms with Gasteiger partial charge in [0, 0.05) is 32.5 Å². The molecule has 0 aliphatic carbocycles. The summed E-state index contributed by atoms with van der Waals surface area (Å²) >= 11 is 0. The predicted molar refractivity (Wildman–Crippen MR) is 121 cm³/mol. The summed E-state index contributed by atoms with van der Waals surface area (Å²) in [7, 11) is 1.69. The molecular formula is C26H35NO3. The molecule has 0 aromatic heterocycles. The van der Waals surface area contributed by atoms with Gasteiger partial charge < -0.3 is 14.4 Å². The van der Waals surface area contributed by atoms with Gasteiger partial charge in [0.05, 0.1) is 12.7 Å². The highest BCUT2D eigenvalue weighted by Gasteiger charge is 2.30. The first-order valence-corrected chi connectivity index (χ1v) is 11.0. The van der Waals surface area contributed by atoms with Crippen molar-refractivity contribution in [1.29, 1.82) is 0 Å². The van der Waals surface area contributed by atoms with Gasteiger partial charge in [-0.05, 0) is 62.3 Å². The van der Waals surface area contributed by atoms with Gasteiger partial charge in [0.15, 0.2) is 0 Å². The van der Waals surface area contributed by atoms with Crippen LogP contribution in [0.25, 0.3) is 0 Å². The number of hydrogen-bond acceptors (Lipinski definition) is 3. The minimum atomic E-state index is -0.0962. The number of rotatable bonds is 8. The second-order valence-corrected chi connectivity index (χ2v) is 8.96. The van der Waals surface area contributed by atoms with Gasteiger partial charge >= 0.3 is 0 Å². The molecule has 0 saturated carbocycles. The Balaban J connectivity index is 1.73. The molecule has 30 heavy (non-hydrogen) atoms. The zero-order valence-corrected chi connectivity index (χ0v) is 18.8. The largest absolute Gasteiger partial charge is 0.497 e. The first-order valence-electron chi connectivity index (χ1n) is 11.0. The minimum Gasteiger partial charge on any atom is -0.497 e. The molecule has 0 spiro atoms. The molecule has 1 amide bonds. The van der Waals surface area contributed by atoms with Gasteiger partial charge in [-0.3, -0.25) is 4.79 Å². The highest BCUT2D eigenvalue weighted by molar-refractivity contribution is 5.73. The van der Waals surface area contributed by atoms with Gasteiger partial charge in [-0.25, -0.2) is 0 Å². The molecule has 1 heterocycles. The van der Waals surface area contributed by atoms with Crippen LogP contribution in [-0.4, -0.2) is 43.2 Å². The second-order valence-electron chi connectivity index (χ2n) is 8.96. The standard InChI is InChI=1S/C26H35NO3/c1-20(28)27(19-21-15-17-30-26(2,3)18-21)16-14-25(22-8-6-5-7-9-22)23-10-12-24(29-4)13-11-23/h5-13,21,25H,14-19H2,1-4H3/t21-,25+/m0/s1. The van der Waals surface area contributed by atoms with E-state index in [1.165, 1.54) is 11.1 Å². The maximum absolute atomic E-state index is 12.4. The summed E-state index contributed by atoms with van der Waals surface area (Å²) < 4.78 is 11.2. The van der Waals surface area contributed by atoms with Crippen molar-refractivity contribution in [3.8, 4) is 5.75 Å². The van der Waals surface area contributed by atoms with Crippen molar-refractivity contribution >= 4 is 5.91 Å². The summed E-state index contributed by atoms with van der Waals surface area (Å²) in [6.45, 7) is 8.32. The fourth-order valence-electron chi connectivity index (χ4n) is 4.54. The average Bonchev–Trinajstić information content (AvgIpc) is 2.73. The van der Waals surface area contributed by atoms with Crippen molar-refractivity contribution < 1.29 is 14.3 Å². The number of benzene rings is 2. The number of amides is 1.